The first-order valence-electron chi connectivity index (χ1n) is 14.3. The van der Waals surface area contributed by atoms with Crippen LogP contribution >= 0.6 is 11.3 Å². The van der Waals surface area contributed by atoms with E-state index in [0.717, 1.165) is 53.1 Å². The summed E-state index contributed by atoms with van der Waals surface area (Å²) in [4.78, 5) is 40.8. The number of benzene rings is 4. The Morgan fingerprint density at radius 3 is 2.37 bits per heavy atom. The zero-order valence-electron chi connectivity index (χ0n) is 24.3. The molecule has 0 saturated heterocycles. The molecule has 46 heavy (non-hydrogen) atoms. The molecule has 0 bridgehead atoms. The number of allylic oxidation sites excluding steroid dienone is 1. The number of nitro benzene ring substituents is 2. The van der Waals surface area contributed by atoms with E-state index in [1.165, 1.54) is 23.0 Å². The normalized spacial score (nSPS) is 15.3. The van der Waals surface area contributed by atoms with Crippen molar-refractivity contribution in [2.45, 2.75) is 18.9 Å². The lowest BCUT2D eigenvalue weighted by molar-refractivity contribution is -0.394. The molecule has 4 aromatic carbocycles. The molecular formula is C34H24N4O7S. The number of aryl methyl sites for hydroxylation is 1. The van der Waals surface area contributed by atoms with E-state index in [-0.39, 0.29) is 17.4 Å². The highest BCUT2D eigenvalue weighted by atomic mass is 32.1. The van der Waals surface area contributed by atoms with E-state index in [0.29, 0.717) is 20.6 Å². The van der Waals surface area contributed by atoms with Crippen LogP contribution in [0.3, 0.4) is 0 Å². The van der Waals surface area contributed by atoms with Gasteiger partial charge in [0.2, 0.25) is 5.75 Å². The van der Waals surface area contributed by atoms with Crippen molar-refractivity contribution in [1.29, 1.82) is 0 Å². The first kappa shape index (κ1) is 28.9. The quantitative estimate of drug-likeness (QED) is 0.160. The number of nitro groups is 2. The largest absolute Gasteiger partial charge is 0.497 e. The minimum atomic E-state index is -0.730. The second-order valence-electron chi connectivity index (χ2n) is 10.7. The third-order valence-corrected chi connectivity index (χ3v) is 9.04. The highest BCUT2D eigenvalue weighted by Gasteiger charge is 2.32. The summed E-state index contributed by atoms with van der Waals surface area (Å²) in [6.07, 6.45) is 3.42. The molecule has 1 aromatic heterocycles. The van der Waals surface area contributed by atoms with Gasteiger partial charge in [-0.2, -0.15) is 0 Å². The molecule has 0 unspecified atom stereocenters. The van der Waals surface area contributed by atoms with Gasteiger partial charge in [0.15, 0.2) is 4.80 Å². The smallest absolute Gasteiger partial charge is 0.318 e. The van der Waals surface area contributed by atoms with Gasteiger partial charge in [-0.3, -0.25) is 29.6 Å². The fourth-order valence-electron chi connectivity index (χ4n) is 5.87. The maximum absolute atomic E-state index is 14.0. The van der Waals surface area contributed by atoms with Crippen LogP contribution in [-0.2, 0) is 6.42 Å². The number of methoxy groups -OCH3 is 1. The molecule has 228 valence electrons. The van der Waals surface area contributed by atoms with E-state index in [1.54, 1.807) is 42.0 Å². The Bertz CT molecular complexity index is 2250. The number of hydrogen-bond acceptors (Lipinski definition) is 9. The minimum Gasteiger partial charge on any atom is -0.497 e. The summed E-state index contributed by atoms with van der Waals surface area (Å²) >= 11 is 1.32. The first-order chi connectivity index (χ1) is 22.3. The van der Waals surface area contributed by atoms with Crippen LogP contribution in [0.5, 0.6) is 17.2 Å². The Kier molecular flexibility index (Phi) is 7.26. The average molecular weight is 633 g/mol. The number of thiazole rings is 1. The van der Waals surface area contributed by atoms with Crippen LogP contribution in [0, 0.1) is 20.2 Å². The molecule has 12 heteroatoms. The molecule has 0 radical (unpaired) electrons. The summed E-state index contributed by atoms with van der Waals surface area (Å²) in [7, 11) is 1.62. The molecule has 5 aromatic rings. The molecule has 0 saturated carbocycles. The van der Waals surface area contributed by atoms with E-state index < -0.39 is 21.2 Å². The fourth-order valence-corrected chi connectivity index (χ4v) is 6.87. The molecule has 1 atom stereocenters. The van der Waals surface area contributed by atoms with Crippen LogP contribution in [0.4, 0.5) is 11.4 Å². The maximum Gasteiger partial charge on any atom is 0.318 e. The van der Waals surface area contributed by atoms with E-state index in [1.807, 2.05) is 36.4 Å². The van der Waals surface area contributed by atoms with Gasteiger partial charge in [0.05, 0.1) is 39.3 Å². The first-order valence-corrected chi connectivity index (χ1v) is 15.1. The van der Waals surface area contributed by atoms with Gasteiger partial charge in [-0.25, -0.2) is 4.99 Å². The molecule has 0 N–H and O–H groups in total. The summed E-state index contributed by atoms with van der Waals surface area (Å²) in [5, 5.41) is 22.5. The summed E-state index contributed by atoms with van der Waals surface area (Å²) in [6, 6.07) is 25.6. The zero-order chi connectivity index (χ0) is 31.9. The number of aromatic nitrogens is 1. The molecule has 0 amide bonds. The standard InChI is InChI=1S/C34H24N4O7S/c1-44-24-14-8-22(9-15-24)32-27-16-10-21-4-2-3-5-26(21)31(27)35-34-36(32)33(39)30(46-34)18-20-6-12-25(13-7-20)45-29-17-11-23(37(40)41)19-28(29)38(42)43/h2-9,11-15,17-19,32H,10,16H2,1H3/b30-18+/t32-/m0/s1. The minimum absolute atomic E-state index is 0.124. The second kappa shape index (κ2) is 11.6. The zero-order valence-corrected chi connectivity index (χ0v) is 25.1. The van der Waals surface area contributed by atoms with Crippen molar-refractivity contribution in [3.63, 3.8) is 0 Å². The highest BCUT2D eigenvalue weighted by Crippen LogP contribution is 2.41. The SMILES string of the molecule is COc1ccc([C@H]2C3=C(N=c4s/c(=C/c5ccc(Oc6ccc([N+](=O)[O-])cc6[N+](=O)[O-])cc5)c(=O)n42)c2ccccc2CC3)cc1. The number of rotatable bonds is 7. The molecule has 1 aliphatic carbocycles. The Balaban J connectivity index is 1.27. The van der Waals surface area contributed by atoms with Crippen LogP contribution in [-0.4, -0.2) is 21.5 Å². The summed E-state index contributed by atoms with van der Waals surface area (Å²) < 4.78 is 13.4. The molecule has 1 aliphatic heterocycles. The lowest BCUT2D eigenvalue weighted by Crippen LogP contribution is -2.38. The van der Waals surface area contributed by atoms with E-state index in [2.05, 4.69) is 12.1 Å². The highest BCUT2D eigenvalue weighted by molar-refractivity contribution is 7.07. The molecule has 0 spiro atoms. The summed E-state index contributed by atoms with van der Waals surface area (Å²) in [5.74, 6) is 0.900. The number of ether oxygens (including phenoxy) is 2. The molecular weight excluding hydrogens is 608 g/mol. The van der Waals surface area contributed by atoms with Crippen molar-refractivity contribution < 1.29 is 19.3 Å². The molecule has 2 heterocycles. The number of fused-ring (bicyclic) bond motifs is 3. The van der Waals surface area contributed by atoms with Crippen LogP contribution in [0.15, 0.2) is 106 Å². The predicted molar refractivity (Wildman–Crippen MR) is 172 cm³/mol. The molecule has 11 nitrogen and oxygen atoms in total. The van der Waals surface area contributed by atoms with Gasteiger partial charge < -0.3 is 9.47 Å². The van der Waals surface area contributed by atoms with Crippen molar-refractivity contribution in [2.24, 2.45) is 4.99 Å². The summed E-state index contributed by atoms with van der Waals surface area (Å²) in [5.41, 5.74) is 4.94. The van der Waals surface area contributed by atoms with Crippen LogP contribution < -0.4 is 24.4 Å². The van der Waals surface area contributed by atoms with Gasteiger partial charge in [-0.1, -0.05) is 59.9 Å². The van der Waals surface area contributed by atoms with E-state index in [4.69, 9.17) is 14.5 Å². The van der Waals surface area contributed by atoms with Gasteiger partial charge in [-0.05, 0) is 71.5 Å². The lowest BCUT2D eigenvalue weighted by Gasteiger charge is -2.30. The Morgan fingerprint density at radius 2 is 1.65 bits per heavy atom. The van der Waals surface area contributed by atoms with Gasteiger partial charge in [0.1, 0.15) is 11.5 Å². The number of nitrogens with zero attached hydrogens (tertiary/aromatic N) is 4. The summed E-state index contributed by atoms with van der Waals surface area (Å²) in [6.45, 7) is 0. The van der Waals surface area contributed by atoms with Gasteiger partial charge in [-0.15, -0.1) is 0 Å². The van der Waals surface area contributed by atoms with Crippen molar-refractivity contribution in [1.82, 2.24) is 4.57 Å². The van der Waals surface area contributed by atoms with Crippen LogP contribution in [0.1, 0.15) is 34.7 Å². The lowest BCUT2D eigenvalue weighted by atomic mass is 9.83. The third kappa shape index (κ3) is 5.14. The Morgan fingerprint density at radius 1 is 0.913 bits per heavy atom. The Labute approximate surface area is 264 Å². The van der Waals surface area contributed by atoms with Gasteiger partial charge in [0.25, 0.3) is 11.2 Å². The van der Waals surface area contributed by atoms with Crippen LogP contribution in [0.25, 0.3) is 11.8 Å². The molecule has 7 rings (SSSR count). The van der Waals surface area contributed by atoms with E-state index >= 15 is 0 Å². The van der Waals surface area contributed by atoms with Crippen molar-refractivity contribution in [3.8, 4) is 17.2 Å². The molecule has 2 aliphatic rings. The topological polar surface area (TPSA) is 139 Å². The third-order valence-electron chi connectivity index (χ3n) is 8.06. The van der Waals surface area contributed by atoms with Crippen molar-refractivity contribution >= 4 is 34.5 Å². The monoisotopic (exact) mass is 632 g/mol. The Hall–Kier alpha value is -5.88. The average Bonchev–Trinajstić information content (AvgIpc) is 3.38. The number of hydrogen-bond donors (Lipinski definition) is 0. The van der Waals surface area contributed by atoms with E-state index in [9.17, 15) is 25.0 Å². The second-order valence-corrected chi connectivity index (χ2v) is 11.7. The van der Waals surface area contributed by atoms with Crippen molar-refractivity contribution in [2.75, 3.05) is 7.11 Å². The predicted octanol–water partition coefficient (Wildman–Crippen LogP) is 5.94. The van der Waals surface area contributed by atoms with Gasteiger partial charge >= 0.3 is 5.69 Å². The van der Waals surface area contributed by atoms with Crippen LogP contribution in [0.2, 0.25) is 0 Å². The van der Waals surface area contributed by atoms with Crippen molar-refractivity contribution in [3.05, 3.63) is 159 Å². The fraction of sp³-hybridized carbons (Fsp3) is 0.118. The number of non-ortho nitro benzene ring substituents is 1. The van der Waals surface area contributed by atoms with Gasteiger partial charge in [0, 0.05) is 11.6 Å². The maximum atomic E-state index is 14.0. The molecule has 0 fully saturated rings.